The Morgan fingerprint density at radius 3 is 2.15 bits per heavy atom. The fourth-order valence-corrected chi connectivity index (χ4v) is 0.709. The number of hydrogen-bond acceptors (Lipinski definition) is 4. The highest BCUT2D eigenvalue weighted by Crippen LogP contribution is 1.91. The Morgan fingerprint density at radius 1 is 1.38 bits per heavy atom. The second kappa shape index (κ2) is 4.33. The van der Waals surface area contributed by atoms with E-state index in [1.807, 2.05) is 0 Å². The van der Waals surface area contributed by atoms with E-state index in [1.165, 1.54) is 0 Å². The molecule has 0 saturated heterocycles. The van der Waals surface area contributed by atoms with E-state index in [0.29, 0.717) is 0 Å². The molecule has 0 saturated carbocycles. The van der Waals surface area contributed by atoms with Crippen molar-refractivity contribution in [2.45, 2.75) is 13.8 Å². The molecule has 0 aliphatic heterocycles. The second-order valence-electron chi connectivity index (χ2n) is 2.72. The van der Waals surface area contributed by atoms with Gasteiger partial charge in [0, 0.05) is 5.92 Å². The number of carbonyl (C=O) groups excluding carboxylic acids is 2. The number of hydrogen-bond donors (Lipinski definition) is 2. The van der Waals surface area contributed by atoms with Gasteiger partial charge in [0.05, 0.1) is 6.54 Å². The van der Waals surface area contributed by atoms with Crippen LogP contribution in [0.2, 0.25) is 0 Å². The van der Waals surface area contributed by atoms with Gasteiger partial charge >= 0.3 is 10.1 Å². The van der Waals surface area contributed by atoms with E-state index in [2.05, 4.69) is 5.32 Å². The standard InChI is InChI=1S/C6H11NO5S/c1-4(2)6(9)7-3-5(8)13(10,11)12/h4H,3H2,1-2H3,(H,7,9)(H,10,11,12). The van der Waals surface area contributed by atoms with Crippen molar-refractivity contribution in [1.29, 1.82) is 0 Å². The molecule has 0 aliphatic rings. The third kappa shape index (κ3) is 4.58. The van der Waals surface area contributed by atoms with Crippen LogP contribution in [-0.2, 0) is 19.7 Å². The Bertz CT molecular complexity index is 305. The Labute approximate surface area is 76.1 Å². The molecular formula is C6H11NO5S. The van der Waals surface area contributed by atoms with Crippen LogP contribution in [0.15, 0.2) is 0 Å². The highest BCUT2D eigenvalue weighted by atomic mass is 32.2. The summed E-state index contributed by atoms with van der Waals surface area (Å²) in [5.74, 6) is -0.786. The second-order valence-corrected chi connectivity index (χ2v) is 4.13. The van der Waals surface area contributed by atoms with Crippen LogP contribution in [0.25, 0.3) is 0 Å². The number of nitrogens with one attached hydrogen (secondary N) is 1. The van der Waals surface area contributed by atoms with E-state index in [9.17, 15) is 18.0 Å². The van der Waals surface area contributed by atoms with E-state index >= 15 is 0 Å². The quantitative estimate of drug-likeness (QED) is 0.591. The van der Waals surface area contributed by atoms with Crippen LogP contribution in [0.3, 0.4) is 0 Å². The summed E-state index contributed by atoms with van der Waals surface area (Å²) in [5, 5.41) is 0.645. The molecule has 0 rings (SSSR count). The molecule has 76 valence electrons. The zero-order valence-corrected chi connectivity index (χ0v) is 8.09. The molecule has 7 heteroatoms. The molecule has 0 radical (unpaired) electrons. The van der Waals surface area contributed by atoms with Crippen LogP contribution in [0.5, 0.6) is 0 Å². The molecular weight excluding hydrogens is 198 g/mol. The largest absolute Gasteiger partial charge is 0.348 e. The van der Waals surface area contributed by atoms with Gasteiger partial charge in [0.1, 0.15) is 0 Å². The zero-order valence-electron chi connectivity index (χ0n) is 7.27. The van der Waals surface area contributed by atoms with Crippen molar-refractivity contribution in [2.24, 2.45) is 5.92 Å². The average molecular weight is 209 g/mol. The molecule has 0 atom stereocenters. The minimum Gasteiger partial charge on any atom is -0.348 e. The number of carbonyl (C=O) groups is 2. The third-order valence-electron chi connectivity index (χ3n) is 1.22. The highest BCUT2D eigenvalue weighted by molar-refractivity contribution is 8.01. The lowest BCUT2D eigenvalue weighted by Crippen LogP contribution is -2.35. The monoisotopic (exact) mass is 209 g/mol. The Balaban J connectivity index is 4.07. The first kappa shape index (κ1) is 12.0. The van der Waals surface area contributed by atoms with Gasteiger partial charge in [-0.1, -0.05) is 13.8 Å². The van der Waals surface area contributed by atoms with E-state index < -0.39 is 27.7 Å². The lowest BCUT2D eigenvalue weighted by Gasteiger charge is -2.04. The Kier molecular flexibility index (Phi) is 4.02. The van der Waals surface area contributed by atoms with Gasteiger partial charge in [0.15, 0.2) is 0 Å². The zero-order chi connectivity index (χ0) is 10.6. The van der Waals surface area contributed by atoms with Crippen LogP contribution < -0.4 is 5.32 Å². The summed E-state index contributed by atoms with van der Waals surface area (Å²) in [4.78, 5) is 21.4. The summed E-state index contributed by atoms with van der Waals surface area (Å²) in [5.41, 5.74) is 0. The summed E-state index contributed by atoms with van der Waals surface area (Å²) in [6, 6.07) is 0. The van der Waals surface area contributed by atoms with Crippen molar-refractivity contribution < 1.29 is 22.6 Å². The number of rotatable bonds is 3. The number of amides is 1. The van der Waals surface area contributed by atoms with Gasteiger partial charge < -0.3 is 5.32 Å². The normalized spacial score (nSPS) is 11.4. The summed E-state index contributed by atoms with van der Waals surface area (Å²) in [6.45, 7) is 2.48. The van der Waals surface area contributed by atoms with E-state index in [1.54, 1.807) is 13.8 Å². The van der Waals surface area contributed by atoms with Crippen LogP contribution in [0.4, 0.5) is 0 Å². The van der Waals surface area contributed by atoms with E-state index in [4.69, 9.17) is 4.55 Å². The first-order valence-corrected chi connectivity index (χ1v) is 4.97. The van der Waals surface area contributed by atoms with Gasteiger partial charge in [-0.05, 0) is 0 Å². The van der Waals surface area contributed by atoms with Gasteiger partial charge in [-0.2, -0.15) is 8.42 Å². The van der Waals surface area contributed by atoms with E-state index in [0.717, 1.165) is 0 Å². The smallest absolute Gasteiger partial charge is 0.330 e. The Morgan fingerprint density at radius 2 is 1.85 bits per heavy atom. The SMILES string of the molecule is CC(C)C(=O)NCC(=O)S(=O)(=O)O. The van der Waals surface area contributed by atoms with Crippen molar-refractivity contribution >= 4 is 21.1 Å². The van der Waals surface area contributed by atoms with Gasteiger partial charge in [-0.25, -0.2) is 0 Å². The van der Waals surface area contributed by atoms with Crippen LogP contribution in [-0.4, -0.2) is 30.5 Å². The maximum absolute atomic E-state index is 10.8. The lowest BCUT2D eigenvalue weighted by molar-refractivity contribution is -0.125. The summed E-state index contributed by atoms with van der Waals surface area (Å²) in [7, 11) is -4.68. The molecule has 0 aliphatic carbocycles. The minimum atomic E-state index is -4.68. The minimum absolute atomic E-state index is 0.339. The van der Waals surface area contributed by atoms with Crippen molar-refractivity contribution in [1.82, 2.24) is 5.32 Å². The van der Waals surface area contributed by atoms with Crippen molar-refractivity contribution in [2.75, 3.05) is 6.54 Å². The molecule has 1 amide bonds. The first-order valence-electron chi connectivity index (χ1n) is 3.53. The fourth-order valence-electron chi connectivity index (χ4n) is 0.455. The van der Waals surface area contributed by atoms with Gasteiger partial charge in [-0.3, -0.25) is 14.1 Å². The maximum atomic E-state index is 10.8. The molecule has 6 nitrogen and oxygen atoms in total. The third-order valence-corrected chi connectivity index (χ3v) is 1.94. The van der Waals surface area contributed by atoms with Crippen LogP contribution in [0.1, 0.15) is 13.8 Å². The van der Waals surface area contributed by atoms with Gasteiger partial charge in [0.2, 0.25) is 5.91 Å². The molecule has 13 heavy (non-hydrogen) atoms. The van der Waals surface area contributed by atoms with E-state index in [-0.39, 0.29) is 5.92 Å². The summed E-state index contributed by atoms with van der Waals surface area (Å²) >= 11 is 0. The molecule has 0 aromatic carbocycles. The van der Waals surface area contributed by atoms with Gasteiger partial charge in [0.25, 0.3) is 5.12 Å². The average Bonchev–Trinajstić information content (AvgIpc) is 1.97. The predicted octanol–water partition coefficient (Wildman–Crippen LogP) is -0.827. The first-order chi connectivity index (χ1) is 5.75. The molecule has 0 heterocycles. The molecule has 0 aromatic heterocycles. The topological polar surface area (TPSA) is 101 Å². The highest BCUT2D eigenvalue weighted by Gasteiger charge is 2.19. The molecule has 0 unspecified atom stereocenters. The molecule has 0 spiro atoms. The fraction of sp³-hybridized carbons (Fsp3) is 0.667. The molecule has 0 bridgehead atoms. The summed E-state index contributed by atoms with van der Waals surface area (Å²) < 4.78 is 28.5. The van der Waals surface area contributed by atoms with Gasteiger partial charge in [-0.15, -0.1) is 0 Å². The molecule has 0 aromatic rings. The van der Waals surface area contributed by atoms with Crippen molar-refractivity contribution in [3.8, 4) is 0 Å². The van der Waals surface area contributed by atoms with Crippen molar-refractivity contribution in [3.63, 3.8) is 0 Å². The van der Waals surface area contributed by atoms with Crippen LogP contribution in [0, 0.1) is 5.92 Å². The lowest BCUT2D eigenvalue weighted by atomic mass is 10.2. The predicted molar refractivity (Wildman–Crippen MR) is 44.4 cm³/mol. The molecule has 2 N–H and O–H groups in total. The molecule has 0 fully saturated rings. The van der Waals surface area contributed by atoms with Crippen LogP contribution >= 0.6 is 0 Å². The van der Waals surface area contributed by atoms with Crippen molar-refractivity contribution in [3.05, 3.63) is 0 Å². The maximum Gasteiger partial charge on any atom is 0.330 e. The Hall–Kier alpha value is -0.950. The summed E-state index contributed by atoms with van der Waals surface area (Å²) in [6.07, 6.45) is 0.